The lowest BCUT2D eigenvalue weighted by molar-refractivity contribution is 0.593. The molecule has 0 nitrogen and oxygen atoms in total. The Balaban J connectivity index is 2.07. The minimum atomic E-state index is 0.744. The van der Waals surface area contributed by atoms with Crippen molar-refractivity contribution in [3.05, 3.63) is 47.5 Å². The largest absolute Gasteiger partial charge is 0.0952 e. The zero-order valence-electron chi connectivity index (χ0n) is 12.2. The predicted octanol–water partition coefficient (Wildman–Crippen LogP) is 5.62. The third-order valence-corrected chi connectivity index (χ3v) is 4.58. The maximum absolute atomic E-state index is 4.33. The third-order valence-electron chi connectivity index (χ3n) is 4.58. The molecule has 0 amide bonds. The number of allylic oxidation sites excluding steroid dienone is 3. The van der Waals surface area contributed by atoms with Crippen molar-refractivity contribution >= 4 is 11.1 Å². The van der Waals surface area contributed by atoms with E-state index in [1.54, 1.807) is 5.57 Å². The van der Waals surface area contributed by atoms with Crippen LogP contribution in [0.25, 0.3) is 11.1 Å². The fourth-order valence-electron chi connectivity index (χ4n) is 3.37. The molecule has 1 unspecified atom stereocenters. The highest BCUT2D eigenvalue weighted by molar-refractivity contribution is 5.85. The molecule has 0 aromatic heterocycles. The molecule has 0 heterocycles. The van der Waals surface area contributed by atoms with Crippen molar-refractivity contribution in [2.45, 2.75) is 46.0 Å². The van der Waals surface area contributed by atoms with Gasteiger partial charge in [-0.3, -0.25) is 0 Å². The number of hydrogen-bond donors (Lipinski definition) is 0. The van der Waals surface area contributed by atoms with Crippen LogP contribution in [0, 0.1) is 18.8 Å². The Morgan fingerprint density at radius 2 is 2.05 bits per heavy atom. The molecule has 0 radical (unpaired) electrons. The van der Waals surface area contributed by atoms with Gasteiger partial charge in [-0.15, -0.1) is 0 Å². The lowest BCUT2D eigenvalue weighted by Gasteiger charge is -2.30. The van der Waals surface area contributed by atoms with Gasteiger partial charge in [0.15, 0.2) is 0 Å². The van der Waals surface area contributed by atoms with Crippen LogP contribution in [0.15, 0.2) is 30.9 Å². The van der Waals surface area contributed by atoms with E-state index in [1.807, 2.05) is 0 Å². The topological polar surface area (TPSA) is 0 Å². The van der Waals surface area contributed by atoms with Crippen molar-refractivity contribution < 1.29 is 0 Å². The highest BCUT2D eigenvalue weighted by atomic mass is 14.4. The molecule has 1 aromatic rings. The summed E-state index contributed by atoms with van der Waals surface area (Å²) in [4.78, 5) is 0. The number of unbranched alkanes of at least 4 members (excludes halogenated alkanes) is 1. The minimum absolute atomic E-state index is 0.744. The van der Waals surface area contributed by atoms with Crippen molar-refractivity contribution in [3.63, 3.8) is 0 Å². The van der Waals surface area contributed by atoms with Gasteiger partial charge in [-0.2, -0.15) is 0 Å². The Morgan fingerprint density at radius 3 is 2.74 bits per heavy atom. The summed E-state index contributed by atoms with van der Waals surface area (Å²) in [6, 6.07) is 6.87. The van der Waals surface area contributed by atoms with Crippen LogP contribution in [0.4, 0.5) is 0 Å². The quantitative estimate of drug-likeness (QED) is 0.654. The van der Waals surface area contributed by atoms with Gasteiger partial charge in [-0.25, -0.2) is 0 Å². The van der Waals surface area contributed by atoms with E-state index >= 15 is 0 Å². The Bertz CT molecular complexity index is 529. The second-order valence-electron chi connectivity index (χ2n) is 6.25. The maximum atomic E-state index is 4.33. The second kappa shape index (κ2) is 5.00. The van der Waals surface area contributed by atoms with E-state index in [1.165, 1.54) is 54.4 Å². The second-order valence-corrected chi connectivity index (χ2v) is 6.25. The molecule has 1 saturated carbocycles. The van der Waals surface area contributed by atoms with Crippen molar-refractivity contribution in [1.82, 2.24) is 0 Å². The Labute approximate surface area is 117 Å². The summed E-state index contributed by atoms with van der Waals surface area (Å²) in [6.07, 6.45) is 8.97. The van der Waals surface area contributed by atoms with Gasteiger partial charge in [0.05, 0.1) is 0 Å². The normalized spacial score (nSPS) is 24.6. The van der Waals surface area contributed by atoms with Gasteiger partial charge in [0.2, 0.25) is 0 Å². The van der Waals surface area contributed by atoms with Gasteiger partial charge in [0.1, 0.15) is 0 Å². The molecular formula is C19H24. The van der Waals surface area contributed by atoms with E-state index < -0.39 is 0 Å². The predicted molar refractivity (Wildman–Crippen MR) is 83.9 cm³/mol. The minimum Gasteiger partial charge on any atom is -0.0952 e. The molecule has 0 aliphatic heterocycles. The van der Waals surface area contributed by atoms with Crippen LogP contribution in [0.2, 0.25) is 0 Å². The standard InChI is InChI=1S/C19H24/c1-4-5-6-17-18(15-8-9-15)12-14(3)16-10-7-13(2)11-19(16)17/h6-7,10-11,15,18H,3-5,8-9,12H2,1-2H3/b17-6-. The average molecular weight is 252 g/mol. The van der Waals surface area contributed by atoms with Crippen LogP contribution in [0.3, 0.4) is 0 Å². The zero-order valence-corrected chi connectivity index (χ0v) is 12.2. The molecule has 0 N–H and O–H groups in total. The first-order valence-electron chi connectivity index (χ1n) is 7.70. The lowest BCUT2D eigenvalue weighted by Crippen LogP contribution is -2.14. The maximum Gasteiger partial charge on any atom is -0.00901 e. The number of rotatable bonds is 3. The number of fused-ring (bicyclic) bond motifs is 1. The summed E-state index contributed by atoms with van der Waals surface area (Å²) in [5.41, 5.74) is 7.20. The zero-order chi connectivity index (χ0) is 13.4. The van der Waals surface area contributed by atoms with E-state index in [0.29, 0.717) is 0 Å². The van der Waals surface area contributed by atoms with Gasteiger partial charge in [0, 0.05) is 0 Å². The Kier molecular flexibility index (Phi) is 3.35. The van der Waals surface area contributed by atoms with E-state index in [0.717, 1.165) is 11.8 Å². The first-order valence-corrected chi connectivity index (χ1v) is 7.70. The summed E-state index contributed by atoms with van der Waals surface area (Å²) < 4.78 is 0. The van der Waals surface area contributed by atoms with Crippen LogP contribution in [0.5, 0.6) is 0 Å². The average Bonchev–Trinajstić information content (AvgIpc) is 3.21. The van der Waals surface area contributed by atoms with E-state index in [9.17, 15) is 0 Å². The molecule has 3 rings (SSSR count). The van der Waals surface area contributed by atoms with Gasteiger partial charge in [-0.1, -0.05) is 49.8 Å². The highest BCUT2D eigenvalue weighted by Gasteiger charge is 2.37. The van der Waals surface area contributed by atoms with Crippen LogP contribution < -0.4 is 0 Å². The highest BCUT2D eigenvalue weighted by Crippen LogP contribution is 2.51. The number of hydrogen-bond acceptors (Lipinski definition) is 0. The van der Waals surface area contributed by atoms with Gasteiger partial charge in [0.25, 0.3) is 0 Å². The van der Waals surface area contributed by atoms with Crippen molar-refractivity contribution in [2.24, 2.45) is 11.8 Å². The van der Waals surface area contributed by atoms with E-state index in [2.05, 4.69) is 44.7 Å². The van der Waals surface area contributed by atoms with Crippen molar-refractivity contribution in [3.8, 4) is 0 Å². The van der Waals surface area contributed by atoms with Crippen molar-refractivity contribution in [2.75, 3.05) is 0 Å². The van der Waals surface area contributed by atoms with Crippen molar-refractivity contribution in [1.29, 1.82) is 0 Å². The fraction of sp³-hybridized carbons (Fsp3) is 0.474. The van der Waals surface area contributed by atoms with Crippen LogP contribution >= 0.6 is 0 Å². The number of aryl methyl sites for hydroxylation is 1. The summed E-state index contributed by atoms with van der Waals surface area (Å²) in [7, 11) is 0. The Morgan fingerprint density at radius 1 is 1.26 bits per heavy atom. The monoisotopic (exact) mass is 252 g/mol. The van der Waals surface area contributed by atoms with Gasteiger partial charge in [-0.05, 0) is 66.7 Å². The summed E-state index contributed by atoms with van der Waals surface area (Å²) in [5, 5.41) is 0. The third kappa shape index (κ3) is 2.41. The first-order chi connectivity index (χ1) is 9.20. The van der Waals surface area contributed by atoms with Crippen LogP contribution in [-0.2, 0) is 0 Å². The first kappa shape index (κ1) is 12.7. The summed E-state index contributed by atoms with van der Waals surface area (Å²) >= 11 is 0. The Hall–Kier alpha value is -1.30. The molecule has 19 heavy (non-hydrogen) atoms. The molecule has 0 saturated heterocycles. The molecule has 0 heteroatoms. The molecule has 2 aliphatic rings. The molecule has 100 valence electrons. The van der Waals surface area contributed by atoms with Gasteiger partial charge >= 0.3 is 0 Å². The van der Waals surface area contributed by atoms with Gasteiger partial charge < -0.3 is 0 Å². The van der Waals surface area contributed by atoms with E-state index in [-0.39, 0.29) is 0 Å². The molecule has 0 bridgehead atoms. The SMILES string of the molecule is C=C1CC(C2CC2)/C(=C/CCC)c2cc(C)ccc21. The molecule has 0 spiro atoms. The van der Waals surface area contributed by atoms with Crippen LogP contribution in [-0.4, -0.2) is 0 Å². The summed E-state index contributed by atoms with van der Waals surface area (Å²) in [5.74, 6) is 1.67. The molecular weight excluding hydrogens is 228 g/mol. The van der Waals surface area contributed by atoms with E-state index in [4.69, 9.17) is 0 Å². The molecule has 1 aromatic carbocycles. The lowest BCUT2D eigenvalue weighted by atomic mass is 9.74. The summed E-state index contributed by atoms with van der Waals surface area (Å²) in [6.45, 7) is 8.79. The smallest absolute Gasteiger partial charge is 0.00901 e. The van der Waals surface area contributed by atoms with Crippen LogP contribution in [0.1, 0.15) is 55.7 Å². The number of benzene rings is 1. The molecule has 2 aliphatic carbocycles. The molecule has 1 fully saturated rings. The fourth-order valence-corrected chi connectivity index (χ4v) is 3.37. The molecule has 1 atom stereocenters.